The molecule has 0 radical (unpaired) electrons. The van der Waals surface area contributed by atoms with Gasteiger partial charge >= 0.3 is 106 Å². The number of carbonyl (C=O) groups excluding carboxylic acids is 1. The summed E-state index contributed by atoms with van der Waals surface area (Å²) in [7, 11) is 0. The minimum absolute atomic E-state index is 0.155. The number of benzene rings is 2. The van der Waals surface area contributed by atoms with E-state index in [1.54, 1.807) is 12.1 Å². The summed E-state index contributed by atoms with van der Waals surface area (Å²) in [5.41, 5.74) is 1.37. The van der Waals surface area contributed by atoms with Crippen LogP contribution in [-0.4, -0.2) is 19.6 Å². The van der Waals surface area contributed by atoms with Gasteiger partial charge < -0.3 is 0 Å². The van der Waals surface area contributed by atoms with Gasteiger partial charge in [-0.25, -0.2) is 0 Å². The molecule has 82 valence electrons. The number of hydrogen-bond donors (Lipinski definition) is 0. The van der Waals surface area contributed by atoms with Crippen molar-refractivity contribution in [3.05, 3.63) is 65.7 Å². The minimum atomic E-state index is -0.227. The predicted molar refractivity (Wildman–Crippen MR) is 67.3 cm³/mol. The fourth-order valence-corrected chi connectivity index (χ4v) is 2.89. The van der Waals surface area contributed by atoms with Crippen molar-refractivity contribution >= 4 is 24.1 Å². The molecule has 0 atom stereocenters. The standard InChI is InChI=1S/C14H9NOSe/c15-10-11-6-8-13(9-7-11)17-14(16)12-4-2-1-3-5-12/h1-9H. The Balaban J connectivity index is 2.11. The second-order valence-electron chi connectivity index (χ2n) is 3.39. The van der Waals surface area contributed by atoms with E-state index in [0.29, 0.717) is 5.56 Å². The molecule has 0 saturated heterocycles. The van der Waals surface area contributed by atoms with Gasteiger partial charge in [0.1, 0.15) is 0 Å². The molecule has 2 nitrogen and oxygen atoms in total. The van der Waals surface area contributed by atoms with Crippen LogP contribution in [0.4, 0.5) is 0 Å². The fraction of sp³-hybridized carbons (Fsp3) is 0. The maximum atomic E-state index is 11.9. The molecular formula is C14H9NOSe. The normalized spacial score (nSPS) is 9.59. The van der Waals surface area contributed by atoms with Gasteiger partial charge in [-0.3, -0.25) is 0 Å². The summed E-state index contributed by atoms with van der Waals surface area (Å²) in [5.74, 6) is 0. The summed E-state index contributed by atoms with van der Waals surface area (Å²) < 4.78 is 1.15. The van der Waals surface area contributed by atoms with Gasteiger partial charge in [-0.15, -0.1) is 0 Å². The number of rotatable bonds is 3. The van der Waals surface area contributed by atoms with Crippen LogP contribution in [0.3, 0.4) is 0 Å². The predicted octanol–water partition coefficient (Wildman–Crippen LogP) is 1.73. The molecule has 0 aliphatic rings. The first-order valence-corrected chi connectivity index (χ1v) is 6.78. The fourth-order valence-electron chi connectivity index (χ4n) is 1.34. The molecule has 3 heteroatoms. The van der Waals surface area contributed by atoms with Crippen molar-refractivity contribution in [2.45, 2.75) is 0 Å². The average molecular weight is 286 g/mol. The molecular weight excluding hydrogens is 277 g/mol. The molecule has 0 heterocycles. The number of nitriles is 1. The SMILES string of the molecule is N#Cc1ccc([Se]C(=O)c2ccccc2)cc1. The zero-order chi connectivity index (χ0) is 12.1. The van der Waals surface area contributed by atoms with Crippen molar-refractivity contribution in [3.8, 4) is 6.07 Å². The Morgan fingerprint density at radius 3 is 2.24 bits per heavy atom. The Labute approximate surface area is 106 Å². The first-order valence-electron chi connectivity index (χ1n) is 5.07. The second kappa shape index (κ2) is 5.45. The van der Waals surface area contributed by atoms with Gasteiger partial charge in [-0.2, -0.15) is 0 Å². The number of hydrogen-bond acceptors (Lipinski definition) is 2. The van der Waals surface area contributed by atoms with Crippen molar-refractivity contribution in [1.82, 2.24) is 0 Å². The molecule has 2 aromatic rings. The Kier molecular flexibility index (Phi) is 3.72. The van der Waals surface area contributed by atoms with Crippen LogP contribution in [-0.2, 0) is 0 Å². The van der Waals surface area contributed by atoms with E-state index < -0.39 is 0 Å². The van der Waals surface area contributed by atoms with Gasteiger partial charge in [-0.1, -0.05) is 0 Å². The molecule has 0 spiro atoms. The van der Waals surface area contributed by atoms with Crippen molar-refractivity contribution < 1.29 is 4.79 Å². The van der Waals surface area contributed by atoms with Crippen LogP contribution in [0.1, 0.15) is 15.9 Å². The van der Waals surface area contributed by atoms with E-state index in [4.69, 9.17) is 5.26 Å². The van der Waals surface area contributed by atoms with E-state index in [-0.39, 0.29) is 19.6 Å². The Morgan fingerprint density at radius 2 is 1.65 bits per heavy atom. The van der Waals surface area contributed by atoms with Crippen LogP contribution in [0.15, 0.2) is 54.6 Å². The quantitative estimate of drug-likeness (QED) is 0.806. The van der Waals surface area contributed by atoms with E-state index in [0.717, 1.165) is 10.0 Å². The van der Waals surface area contributed by atoms with Crippen LogP contribution in [0.5, 0.6) is 0 Å². The zero-order valence-corrected chi connectivity index (χ0v) is 10.7. The molecule has 17 heavy (non-hydrogen) atoms. The molecule has 0 aliphatic carbocycles. The van der Waals surface area contributed by atoms with Crippen LogP contribution in [0, 0.1) is 11.3 Å². The summed E-state index contributed by atoms with van der Waals surface area (Å²) in [6, 6.07) is 18.5. The van der Waals surface area contributed by atoms with Crippen molar-refractivity contribution in [1.29, 1.82) is 5.26 Å². The molecule has 0 N–H and O–H groups in total. The zero-order valence-electron chi connectivity index (χ0n) is 8.96. The monoisotopic (exact) mass is 287 g/mol. The molecule has 2 aromatic carbocycles. The molecule has 0 aromatic heterocycles. The van der Waals surface area contributed by atoms with Crippen LogP contribution in [0.2, 0.25) is 0 Å². The van der Waals surface area contributed by atoms with Crippen molar-refractivity contribution in [3.63, 3.8) is 0 Å². The third-order valence-corrected chi connectivity index (χ3v) is 4.15. The summed E-state index contributed by atoms with van der Waals surface area (Å²) in [6.45, 7) is 0. The van der Waals surface area contributed by atoms with Crippen molar-refractivity contribution in [2.24, 2.45) is 0 Å². The van der Waals surface area contributed by atoms with E-state index in [1.165, 1.54) is 0 Å². The second-order valence-corrected chi connectivity index (χ2v) is 5.59. The van der Waals surface area contributed by atoms with Crippen LogP contribution < -0.4 is 4.46 Å². The third-order valence-electron chi connectivity index (χ3n) is 2.20. The molecule has 2 rings (SSSR count). The topological polar surface area (TPSA) is 40.9 Å². The summed E-state index contributed by atoms with van der Waals surface area (Å²) in [4.78, 5) is 11.9. The summed E-state index contributed by atoms with van der Waals surface area (Å²) >= 11 is -0.227. The number of nitrogens with zero attached hydrogens (tertiary/aromatic N) is 1. The first kappa shape index (κ1) is 11.6. The van der Waals surface area contributed by atoms with Gasteiger partial charge in [-0.05, 0) is 0 Å². The Hall–Kier alpha value is -1.88. The Bertz CT molecular complexity index is 555. The van der Waals surface area contributed by atoms with E-state index >= 15 is 0 Å². The van der Waals surface area contributed by atoms with Crippen LogP contribution in [0.25, 0.3) is 0 Å². The molecule has 0 aliphatic heterocycles. The first-order chi connectivity index (χ1) is 8.29. The third kappa shape index (κ3) is 3.04. The maximum absolute atomic E-state index is 11.9. The van der Waals surface area contributed by atoms with Gasteiger partial charge in [0, 0.05) is 0 Å². The van der Waals surface area contributed by atoms with Gasteiger partial charge in [0.05, 0.1) is 0 Å². The number of carbonyl (C=O) groups is 1. The van der Waals surface area contributed by atoms with Gasteiger partial charge in [0.25, 0.3) is 0 Å². The van der Waals surface area contributed by atoms with Gasteiger partial charge in [0.15, 0.2) is 0 Å². The van der Waals surface area contributed by atoms with Gasteiger partial charge in [0.2, 0.25) is 0 Å². The Morgan fingerprint density at radius 1 is 1.00 bits per heavy atom. The summed E-state index contributed by atoms with van der Waals surface area (Å²) in [6.07, 6.45) is 0. The van der Waals surface area contributed by atoms with Crippen LogP contribution >= 0.6 is 0 Å². The molecule has 0 bridgehead atoms. The van der Waals surface area contributed by atoms with E-state index in [9.17, 15) is 4.79 Å². The molecule has 0 fully saturated rings. The molecule has 0 saturated carbocycles. The van der Waals surface area contributed by atoms with E-state index in [1.807, 2.05) is 42.5 Å². The molecule has 0 unspecified atom stereocenters. The van der Waals surface area contributed by atoms with E-state index in [2.05, 4.69) is 6.07 Å². The average Bonchev–Trinajstić information content (AvgIpc) is 2.40. The molecule has 0 amide bonds. The summed E-state index contributed by atoms with van der Waals surface area (Å²) in [5, 5.41) is 8.68. The van der Waals surface area contributed by atoms with Crippen molar-refractivity contribution in [2.75, 3.05) is 0 Å².